The molecule has 1 fully saturated rings. The Bertz CT molecular complexity index is 959. The van der Waals surface area contributed by atoms with Crippen LogP contribution in [0.4, 0.5) is 19.0 Å². The molecule has 140 valence electrons. The number of benzene rings is 1. The maximum atomic E-state index is 12.6. The lowest BCUT2D eigenvalue weighted by atomic mass is 10.1. The summed E-state index contributed by atoms with van der Waals surface area (Å²) < 4.78 is 43.6. The summed E-state index contributed by atoms with van der Waals surface area (Å²) in [6, 6.07) is 8.21. The van der Waals surface area contributed by atoms with Crippen LogP contribution < -0.4 is 9.64 Å². The summed E-state index contributed by atoms with van der Waals surface area (Å²) in [5.74, 6) is 1.04. The molecule has 3 aromatic rings. The average molecular weight is 374 g/mol. The lowest BCUT2D eigenvalue weighted by molar-refractivity contribution is -0.137. The van der Waals surface area contributed by atoms with Gasteiger partial charge in [-0.1, -0.05) is 12.1 Å². The zero-order valence-corrected chi connectivity index (χ0v) is 14.6. The first kappa shape index (κ1) is 17.5. The van der Waals surface area contributed by atoms with E-state index < -0.39 is 11.7 Å². The minimum absolute atomic E-state index is 0.163. The normalized spacial score (nSPS) is 17.5. The molecule has 27 heavy (non-hydrogen) atoms. The van der Waals surface area contributed by atoms with Crippen LogP contribution in [0.5, 0.6) is 5.88 Å². The zero-order valence-electron chi connectivity index (χ0n) is 14.6. The van der Waals surface area contributed by atoms with E-state index in [0.29, 0.717) is 6.54 Å². The van der Waals surface area contributed by atoms with E-state index in [4.69, 9.17) is 4.74 Å². The van der Waals surface area contributed by atoms with Crippen molar-refractivity contribution in [2.24, 2.45) is 0 Å². The predicted molar refractivity (Wildman–Crippen MR) is 94.8 cm³/mol. The number of para-hydroxylation sites is 1. The minimum atomic E-state index is -4.40. The topological polar surface area (TPSA) is 51.1 Å². The number of nitrogens with zero attached hydrogens (tertiary/aromatic N) is 4. The summed E-state index contributed by atoms with van der Waals surface area (Å²) in [5, 5.41) is 0.978. The minimum Gasteiger partial charge on any atom is -0.472 e. The number of anilines is 1. The molecule has 3 heterocycles. The van der Waals surface area contributed by atoms with Crippen LogP contribution in [0.1, 0.15) is 17.5 Å². The van der Waals surface area contributed by atoms with Crippen LogP contribution in [0.25, 0.3) is 10.9 Å². The highest BCUT2D eigenvalue weighted by Gasteiger charge is 2.31. The van der Waals surface area contributed by atoms with Crippen molar-refractivity contribution in [3.63, 3.8) is 0 Å². The van der Waals surface area contributed by atoms with Gasteiger partial charge in [0.05, 0.1) is 17.6 Å². The summed E-state index contributed by atoms with van der Waals surface area (Å²) in [5.41, 5.74) is 1.21. The van der Waals surface area contributed by atoms with Crippen molar-refractivity contribution < 1.29 is 17.9 Å². The van der Waals surface area contributed by atoms with Crippen molar-refractivity contribution in [3.8, 4) is 5.88 Å². The lowest BCUT2D eigenvalue weighted by Gasteiger charge is -2.19. The van der Waals surface area contributed by atoms with Gasteiger partial charge in [0, 0.05) is 30.6 Å². The van der Waals surface area contributed by atoms with E-state index in [1.54, 1.807) is 6.33 Å². The van der Waals surface area contributed by atoms with E-state index in [-0.39, 0.29) is 12.0 Å². The molecule has 0 bridgehead atoms. The summed E-state index contributed by atoms with van der Waals surface area (Å²) >= 11 is 0. The largest absolute Gasteiger partial charge is 0.472 e. The van der Waals surface area contributed by atoms with E-state index in [2.05, 4.69) is 19.9 Å². The van der Waals surface area contributed by atoms with Crippen molar-refractivity contribution in [1.82, 2.24) is 15.0 Å². The maximum absolute atomic E-state index is 12.6. The quantitative estimate of drug-likeness (QED) is 0.693. The second-order valence-electron chi connectivity index (χ2n) is 6.53. The Labute approximate surface area is 153 Å². The Balaban J connectivity index is 1.49. The number of pyridine rings is 1. The molecule has 0 N–H and O–H groups in total. The molecule has 1 atom stereocenters. The Kier molecular flexibility index (Phi) is 4.33. The molecule has 0 spiro atoms. The van der Waals surface area contributed by atoms with E-state index in [0.717, 1.165) is 47.5 Å². The van der Waals surface area contributed by atoms with Crippen molar-refractivity contribution in [1.29, 1.82) is 0 Å². The highest BCUT2D eigenvalue weighted by Crippen LogP contribution is 2.31. The Morgan fingerprint density at radius 3 is 2.70 bits per heavy atom. The molecule has 2 aromatic heterocycles. The predicted octanol–water partition coefficient (Wildman–Crippen LogP) is 4.01. The molecule has 1 aliphatic heterocycles. The molecule has 0 amide bonds. The molecule has 0 saturated carbocycles. The number of hydrogen-bond acceptors (Lipinski definition) is 5. The maximum Gasteiger partial charge on any atom is 0.417 e. The summed E-state index contributed by atoms with van der Waals surface area (Å²) in [4.78, 5) is 14.7. The van der Waals surface area contributed by atoms with Crippen LogP contribution >= 0.6 is 0 Å². The van der Waals surface area contributed by atoms with Crippen molar-refractivity contribution >= 4 is 16.7 Å². The molecule has 0 aliphatic carbocycles. The van der Waals surface area contributed by atoms with Gasteiger partial charge in [-0.3, -0.25) is 0 Å². The fourth-order valence-corrected chi connectivity index (χ4v) is 3.28. The molecular formula is C19H17F3N4O. The summed E-state index contributed by atoms with van der Waals surface area (Å²) in [7, 11) is 0. The van der Waals surface area contributed by atoms with Gasteiger partial charge in [0.2, 0.25) is 5.88 Å². The number of alkyl halides is 3. The number of halogens is 3. The molecule has 5 nitrogen and oxygen atoms in total. The third kappa shape index (κ3) is 3.51. The van der Waals surface area contributed by atoms with Crippen LogP contribution in [0.2, 0.25) is 0 Å². The van der Waals surface area contributed by atoms with Crippen molar-refractivity contribution in [2.45, 2.75) is 25.6 Å². The highest BCUT2D eigenvalue weighted by atomic mass is 19.4. The number of aryl methyl sites for hydroxylation is 1. The molecule has 1 aromatic carbocycles. The first-order valence-electron chi connectivity index (χ1n) is 8.57. The second-order valence-corrected chi connectivity index (χ2v) is 6.53. The molecule has 1 aliphatic rings. The Morgan fingerprint density at radius 1 is 1.11 bits per heavy atom. The number of fused-ring (bicyclic) bond motifs is 1. The second kappa shape index (κ2) is 6.68. The molecule has 1 saturated heterocycles. The molecular weight excluding hydrogens is 357 g/mol. The zero-order chi connectivity index (χ0) is 19.0. The van der Waals surface area contributed by atoms with Gasteiger partial charge in [-0.05, 0) is 24.6 Å². The van der Waals surface area contributed by atoms with Crippen molar-refractivity contribution in [3.05, 3.63) is 54.0 Å². The summed E-state index contributed by atoms with van der Waals surface area (Å²) in [6.45, 7) is 3.33. The van der Waals surface area contributed by atoms with Gasteiger partial charge in [0.25, 0.3) is 0 Å². The van der Waals surface area contributed by atoms with Gasteiger partial charge in [-0.15, -0.1) is 0 Å². The number of aromatic nitrogens is 3. The SMILES string of the molecule is Cc1cccc2c(N3CCC(Oc4ccc(C(F)(F)F)cn4)C3)ncnc12. The van der Waals surface area contributed by atoms with Crippen LogP contribution in [-0.4, -0.2) is 34.1 Å². The fourth-order valence-electron chi connectivity index (χ4n) is 3.28. The molecule has 4 rings (SSSR count). The number of hydrogen-bond donors (Lipinski definition) is 0. The third-order valence-corrected chi connectivity index (χ3v) is 4.64. The number of ether oxygens (including phenoxy) is 1. The van der Waals surface area contributed by atoms with Gasteiger partial charge in [-0.2, -0.15) is 13.2 Å². The van der Waals surface area contributed by atoms with E-state index >= 15 is 0 Å². The molecule has 8 heteroatoms. The van der Waals surface area contributed by atoms with E-state index in [9.17, 15) is 13.2 Å². The Hall–Kier alpha value is -2.90. The Morgan fingerprint density at radius 2 is 1.96 bits per heavy atom. The third-order valence-electron chi connectivity index (χ3n) is 4.64. The first-order valence-corrected chi connectivity index (χ1v) is 8.57. The van der Waals surface area contributed by atoms with Gasteiger partial charge in [0.15, 0.2) is 0 Å². The van der Waals surface area contributed by atoms with Crippen LogP contribution in [0.3, 0.4) is 0 Å². The lowest BCUT2D eigenvalue weighted by Crippen LogP contribution is -2.25. The van der Waals surface area contributed by atoms with Gasteiger partial charge in [0.1, 0.15) is 18.2 Å². The standard InChI is InChI=1S/C19H17F3N4O/c1-12-3-2-4-15-17(12)24-11-25-18(15)26-8-7-14(10-26)27-16-6-5-13(9-23-16)19(20,21)22/h2-6,9,11,14H,7-8,10H2,1H3. The van der Waals surface area contributed by atoms with E-state index in [1.165, 1.54) is 6.07 Å². The van der Waals surface area contributed by atoms with Gasteiger partial charge in [-0.25, -0.2) is 15.0 Å². The molecule has 1 unspecified atom stereocenters. The highest BCUT2D eigenvalue weighted by molar-refractivity contribution is 5.91. The average Bonchev–Trinajstić information content (AvgIpc) is 3.10. The van der Waals surface area contributed by atoms with E-state index in [1.807, 2.05) is 25.1 Å². The van der Waals surface area contributed by atoms with Crippen LogP contribution in [0, 0.1) is 6.92 Å². The van der Waals surface area contributed by atoms with Crippen LogP contribution in [0.15, 0.2) is 42.9 Å². The van der Waals surface area contributed by atoms with Gasteiger partial charge < -0.3 is 9.64 Å². The fraction of sp³-hybridized carbons (Fsp3) is 0.316. The monoisotopic (exact) mass is 374 g/mol. The van der Waals surface area contributed by atoms with Crippen LogP contribution in [-0.2, 0) is 6.18 Å². The van der Waals surface area contributed by atoms with Crippen molar-refractivity contribution in [2.75, 3.05) is 18.0 Å². The smallest absolute Gasteiger partial charge is 0.417 e. The number of rotatable bonds is 3. The van der Waals surface area contributed by atoms with Gasteiger partial charge >= 0.3 is 6.18 Å². The molecule has 0 radical (unpaired) electrons. The first-order chi connectivity index (χ1) is 12.9. The summed E-state index contributed by atoms with van der Waals surface area (Å²) in [6.07, 6.45) is -1.48.